The Morgan fingerprint density at radius 2 is 1.03 bits per heavy atom. The molecule has 200 valence electrons. The van der Waals surface area contributed by atoms with Gasteiger partial charge in [0.15, 0.2) is 5.83 Å². The summed E-state index contributed by atoms with van der Waals surface area (Å²) in [6.07, 6.45) is -8.62. The van der Waals surface area contributed by atoms with Crippen molar-refractivity contribution in [2.24, 2.45) is 0 Å². The van der Waals surface area contributed by atoms with Crippen LogP contribution in [0, 0.1) is 0 Å². The second-order valence-electron chi connectivity index (χ2n) is 6.40. The van der Waals surface area contributed by atoms with Crippen molar-refractivity contribution in [1.82, 2.24) is 0 Å². The predicted octanol–water partition coefficient (Wildman–Crippen LogP) is 7.54. The summed E-state index contributed by atoms with van der Waals surface area (Å²) in [6.45, 7) is 0. The van der Waals surface area contributed by atoms with Crippen LogP contribution in [0.3, 0.4) is 0 Å². The van der Waals surface area contributed by atoms with E-state index in [1.807, 2.05) is 0 Å². The first-order valence-corrected chi connectivity index (χ1v) is 9.46. The minimum absolute atomic E-state index is 0.0644. The number of alkyl halides is 15. The highest BCUT2D eigenvalue weighted by Crippen LogP contribution is 2.63. The number of rotatable bonds is 9. The third-order valence-electron chi connectivity index (χ3n) is 4.05. The van der Waals surface area contributed by atoms with Crippen LogP contribution < -0.4 is 0 Å². The van der Waals surface area contributed by atoms with Gasteiger partial charge in [0, 0.05) is 10.3 Å². The molecule has 0 aromatic heterocycles. The Bertz CT molecular complexity index is 978. The van der Waals surface area contributed by atoms with Crippen LogP contribution in [0.5, 0.6) is 0 Å². The number of halogens is 16. The second-order valence-corrected chi connectivity index (χ2v) is 7.74. The Morgan fingerprint density at radius 1 is 0.629 bits per heavy atom. The molecule has 0 amide bonds. The molecule has 1 aromatic rings. The number of hydrogen-bond acceptors (Lipinski definition) is 1. The van der Waals surface area contributed by atoms with Gasteiger partial charge in [0.25, 0.3) is 0 Å². The molecule has 1 nitrogen and oxygen atoms in total. The summed E-state index contributed by atoms with van der Waals surface area (Å²) in [6, 6.07) is 6.32. The van der Waals surface area contributed by atoms with E-state index in [-0.39, 0.29) is 11.0 Å². The molecule has 0 aliphatic carbocycles. The minimum Gasteiger partial charge on any atom is -0.250 e. The molecule has 0 saturated carbocycles. The van der Waals surface area contributed by atoms with Crippen molar-refractivity contribution in [2.75, 3.05) is 0 Å². The molecule has 18 heteroatoms. The molecule has 0 N–H and O–H groups in total. The average molecular weight is 564 g/mol. The van der Waals surface area contributed by atoms with E-state index >= 15 is 0 Å². The van der Waals surface area contributed by atoms with Crippen LogP contribution in [0.15, 0.2) is 58.6 Å². The zero-order valence-electron chi connectivity index (χ0n) is 16.0. The van der Waals surface area contributed by atoms with E-state index in [2.05, 4.69) is 0 Å². The quantitative estimate of drug-likeness (QED) is 0.224. The molecule has 0 saturated heterocycles. The summed E-state index contributed by atoms with van der Waals surface area (Å²) in [7, 11) is -2.29. The zero-order valence-corrected chi connectivity index (χ0v) is 16.8. The molecule has 0 aliphatic heterocycles. The molecule has 1 atom stereocenters. The normalized spacial score (nSPS) is 16.6. The Kier molecular flexibility index (Phi) is 8.18. The second kappa shape index (κ2) is 9.31. The van der Waals surface area contributed by atoms with Crippen molar-refractivity contribution >= 4 is 10.8 Å². The van der Waals surface area contributed by atoms with Crippen molar-refractivity contribution in [3.63, 3.8) is 0 Å². The average Bonchev–Trinajstić information content (AvgIpc) is 2.72. The molecule has 1 unspecified atom stereocenters. The fourth-order valence-electron chi connectivity index (χ4n) is 2.05. The topological polar surface area (TPSA) is 17.1 Å². The van der Waals surface area contributed by atoms with Gasteiger partial charge in [0.05, 0.1) is 10.8 Å². The maximum Gasteiger partial charge on any atom is 0.460 e. The van der Waals surface area contributed by atoms with Crippen LogP contribution in [-0.4, -0.2) is 45.9 Å². The number of benzene rings is 1. The van der Waals surface area contributed by atoms with Gasteiger partial charge in [-0.05, 0) is 18.2 Å². The summed E-state index contributed by atoms with van der Waals surface area (Å²) in [4.78, 5) is -0.0892. The first-order valence-electron chi connectivity index (χ1n) is 8.25. The van der Waals surface area contributed by atoms with Crippen molar-refractivity contribution in [3.8, 4) is 0 Å². The molecule has 35 heavy (non-hydrogen) atoms. The van der Waals surface area contributed by atoms with Gasteiger partial charge in [-0.2, -0.15) is 65.9 Å². The van der Waals surface area contributed by atoms with Crippen LogP contribution in [0.1, 0.15) is 0 Å². The monoisotopic (exact) mass is 564 g/mol. The summed E-state index contributed by atoms with van der Waals surface area (Å²) in [5, 5.41) is 0.300. The molecule has 0 fully saturated rings. The van der Waals surface area contributed by atoms with Crippen LogP contribution in [0.25, 0.3) is 0 Å². The van der Waals surface area contributed by atoms with Gasteiger partial charge < -0.3 is 0 Å². The summed E-state index contributed by atoms with van der Waals surface area (Å²) >= 11 is 0. The fraction of sp³-hybridized carbons (Fsp3) is 0.412. The standard InChI is InChI=1S/C17H8F16OS/c18-10(7-4-8-35(34)9-5-2-1-3-6-9)11(19,20)12(21,22)13(23,24)14(25,26)15(27,28)16(29,30)17(31,32)33/h1-8H/b8-4+,10-7-. The lowest BCUT2D eigenvalue weighted by Crippen LogP contribution is -2.72. The van der Waals surface area contributed by atoms with E-state index in [1.165, 1.54) is 18.2 Å². The van der Waals surface area contributed by atoms with E-state index in [4.69, 9.17) is 0 Å². The smallest absolute Gasteiger partial charge is 0.250 e. The molecule has 0 aliphatic rings. The third kappa shape index (κ3) is 4.89. The van der Waals surface area contributed by atoms with Gasteiger partial charge in [0.1, 0.15) is 0 Å². The largest absolute Gasteiger partial charge is 0.460 e. The van der Waals surface area contributed by atoms with E-state index in [0.717, 1.165) is 12.1 Å². The Hall–Kier alpha value is -2.27. The SMILES string of the molecule is O=S(/C=C/C=C(\F)C(F)(F)C(F)(F)C(F)(F)C(F)(F)C(F)(F)C(F)(F)C(F)(F)F)c1ccccc1. The summed E-state index contributed by atoms with van der Waals surface area (Å²) in [5.41, 5.74) is 0. The first kappa shape index (κ1) is 30.8. The maximum atomic E-state index is 13.6. The van der Waals surface area contributed by atoms with Crippen molar-refractivity contribution in [1.29, 1.82) is 0 Å². The van der Waals surface area contributed by atoms with Crippen LogP contribution in [0.2, 0.25) is 0 Å². The lowest BCUT2D eigenvalue weighted by molar-refractivity contribution is -0.450. The van der Waals surface area contributed by atoms with Crippen LogP contribution in [0.4, 0.5) is 70.2 Å². The van der Waals surface area contributed by atoms with Crippen LogP contribution >= 0.6 is 0 Å². The molecular weight excluding hydrogens is 556 g/mol. The Labute approximate surface area is 186 Å². The highest BCUT2D eigenvalue weighted by molar-refractivity contribution is 7.88. The molecule has 0 heterocycles. The highest BCUT2D eigenvalue weighted by Gasteiger charge is 2.93. The van der Waals surface area contributed by atoms with Gasteiger partial charge >= 0.3 is 41.7 Å². The maximum absolute atomic E-state index is 13.6. The lowest BCUT2D eigenvalue weighted by atomic mass is 9.90. The van der Waals surface area contributed by atoms with Gasteiger partial charge in [-0.25, -0.2) is 8.60 Å². The van der Waals surface area contributed by atoms with Gasteiger partial charge in [-0.1, -0.05) is 24.3 Å². The van der Waals surface area contributed by atoms with Gasteiger partial charge in [-0.3, -0.25) is 0 Å². The van der Waals surface area contributed by atoms with E-state index < -0.39 is 64.4 Å². The molecule has 0 spiro atoms. The predicted molar refractivity (Wildman–Crippen MR) is 86.9 cm³/mol. The van der Waals surface area contributed by atoms with Gasteiger partial charge in [-0.15, -0.1) is 0 Å². The molecule has 1 aromatic carbocycles. The zero-order chi connectivity index (χ0) is 27.9. The summed E-state index contributed by atoms with van der Waals surface area (Å²) < 4.78 is 221. The van der Waals surface area contributed by atoms with Crippen molar-refractivity contribution in [2.45, 2.75) is 46.6 Å². The molecule has 0 bridgehead atoms. The lowest BCUT2D eigenvalue weighted by Gasteiger charge is -2.41. The Morgan fingerprint density at radius 3 is 1.46 bits per heavy atom. The Balaban J connectivity index is 3.43. The van der Waals surface area contributed by atoms with E-state index in [9.17, 15) is 74.5 Å². The van der Waals surface area contributed by atoms with E-state index in [1.54, 1.807) is 0 Å². The minimum atomic E-state index is -8.50. The van der Waals surface area contributed by atoms with E-state index in [0.29, 0.717) is 5.41 Å². The van der Waals surface area contributed by atoms with Crippen molar-refractivity contribution in [3.05, 3.63) is 53.7 Å². The van der Waals surface area contributed by atoms with Gasteiger partial charge in [0.2, 0.25) is 0 Å². The molecular formula is C17H8F16OS. The highest BCUT2D eigenvalue weighted by atomic mass is 32.2. The molecule has 0 radical (unpaired) electrons. The van der Waals surface area contributed by atoms with Crippen LogP contribution in [-0.2, 0) is 10.8 Å². The van der Waals surface area contributed by atoms with Crippen molar-refractivity contribution < 1.29 is 74.5 Å². The third-order valence-corrected chi connectivity index (χ3v) is 5.19. The molecule has 1 rings (SSSR count). The first-order chi connectivity index (χ1) is 15.4. The fourth-order valence-corrected chi connectivity index (χ4v) is 2.85. The number of allylic oxidation sites excluding steroid dienone is 3. The summed E-state index contributed by atoms with van der Waals surface area (Å²) in [5.74, 6) is -52.3. The number of hydrogen-bond donors (Lipinski definition) is 0.